The number of oxazole rings is 1. The lowest BCUT2D eigenvalue weighted by Gasteiger charge is -1.96. The molecule has 0 aliphatic carbocycles. The van der Waals surface area contributed by atoms with E-state index in [-0.39, 0.29) is 0 Å². The Morgan fingerprint density at radius 3 is 2.63 bits per heavy atom. The van der Waals surface area contributed by atoms with Crippen LogP contribution in [0.25, 0.3) is 53.9 Å². The Kier molecular flexibility index (Phi) is 3.04. The second-order valence-electron chi connectivity index (χ2n) is 6.55. The predicted octanol–water partition coefficient (Wildman–Crippen LogP) is 7.12. The zero-order valence-electron chi connectivity index (χ0n) is 14.2. The quantitative estimate of drug-likeness (QED) is 0.327. The molecule has 3 aromatic heterocycles. The summed E-state index contributed by atoms with van der Waals surface area (Å²) in [4.78, 5) is 5.40. The van der Waals surface area contributed by atoms with Gasteiger partial charge in [-0.3, -0.25) is 0 Å². The van der Waals surface area contributed by atoms with Crippen molar-refractivity contribution in [2.45, 2.75) is 0 Å². The number of para-hydroxylation sites is 1. The molecule has 3 heterocycles. The summed E-state index contributed by atoms with van der Waals surface area (Å²) in [7, 11) is 0. The monoisotopic (exact) mass is 367 g/mol. The molecular formula is C23H13NO2S. The zero-order valence-corrected chi connectivity index (χ0v) is 15.0. The minimum absolute atomic E-state index is 0.813. The second kappa shape index (κ2) is 5.56. The van der Waals surface area contributed by atoms with E-state index in [0.717, 1.165) is 39.0 Å². The lowest BCUT2D eigenvalue weighted by atomic mass is 10.1. The van der Waals surface area contributed by atoms with Gasteiger partial charge in [0, 0.05) is 20.5 Å². The van der Waals surface area contributed by atoms with Gasteiger partial charge in [-0.1, -0.05) is 36.4 Å². The normalized spacial score (nSPS) is 11.7. The van der Waals surface area contributed by atoms with Crippen molar-refractivity contribution in [3.8, 4) is 21.8 Å². The number of furan rings is 1. The van der Waals surface area contributed by atoms with Crippen LogP contribution in [-0.4, -0.2) is 4.98 Å². The van der Waals surface area contributed by atoms with E-state index in [1.807, 2.05) is 30.3 Å². The van der Waals surface area contributed by atoms with Crippen LogP contribution >= 0.6 is 11.3 Å². The van der Waals surface area contributed by atoms with Crippen molar-refractivity contribution in [3.05, 3.63) is 79.2 Å². The van der Waals surface area contributed by atoms with E-state index in [2.05, 4.69) is 47.4 Å². The number of thiophene rings is 1. The Bertz CT molecular complexity index is 1400. The third-order valence-electron chi connectivity index (χ3n) is 4.85. The molecule has 0 atom stereocenters. The van der Waals surface area contributed by atoms with Gasteiger partial charge in [0.25, 0.3) is 0 Å². The summed E-state index contributed by atoms with van der Waals surface area (Å²) < 4.78 is 12.7. The van der Waals surface area contributed by atoms with E-state index < -0.39 is 0 Å². The Morgan fingerprint density at radius 1 is 0.741 bits per heavy atom. The van der Waals surface area contributed by atoms with Crippen molar-refractivity contribution < 1.29 is 8.83 Å². The van der Waals surface area contributed by atoms with Crippen LogP contribution in [0.2, 0.25) is 0 Å². The van der Waals surface area contributed by atoms with Gasteiger partial charge < -0.3 is 8.83 Å². The number of aromatic nitrogens is 1. The third kappa shape index (κ3) is 2.38. The molecule has 0 radical (unpaired) electrons. The Balaban J connectivity index is 1.46. The van der Waals surface area contributed by atoms with Crippen LogP contribution in [0.5, 0.6) is 0 Å². The van der Waals surface area contributed by atoms with E-state index in [4.69, 9.17) is 8.83 Å². The molecule has 0 aliphatic heterocycles. The van der Waals surface area contributed by atoms with E-state index in [1.54, 1.807) is 11.3 Å². The zero-order chi connectivity index (χ0) is 17.8. The molecule has 27 heavy (non-hydrogen) atoms. The van der Waals surface area contributed by atoms with E-state index in [9.17, 15) is 0 Å². The van der Waals surface area contributed by atoms with Crippen LogP contribution in [0.3, 0.4) is 0 Å². The maximum Gasteiger partial charge on any atom is 0.181 e. The number of nitrogens with zero attached hydrogens (tertiary/aromatic N) is 1. The lowest BCUT2D eigenvalue weighted by molar-refractivity contribution is 0.602. The molecule has 0 bridgehead atoms. The standard InChI is InChI=1S/C23H13NO2S/c1-2-4-19-14(3-1)9-20(26-19)15-5-6-17-12-23(27-22(17)11-15)16-7-8-18-21(10-16)25-13-24-18/h1-13H. The SMILES string of the molecule is c1ccc2oc(-c3ccc4cc(-c5ccc6ncoc6c5)sc4c3)cc2c1. The van der Waals surface area contributed by atoms with Crippen LogP contribution in [0.4, 0.5) is 0 Å². The molecule has 0 saturated heterocycles. The highest BCUT2D eigenvalue weighted by molar-refractivity contribution is 7.22. The summed E-state index contributed by atoms with van der Waals surface area (Å²) in [5, 5.41) is 2.35. The van der Waals surface area contributed by atoms with Gasteiger partial charge in [0.2, 0.25) is 0 Å². The average Bonchev–Trinajstić information content (AvgIpc) is 3.42. The van der Waals surface area contributed by atoms with Crippen LogP contribution in [0.15, 0.2) is 88.0 Å². The van der Waals surface area contributed by atoms with Crippen LogP contribution in [-0.2, 0) is 0 Å². The average molecular weight is 367 g/mol. The first-order valence-electron chi connectivity index (χ1n) is 8.70. The molecule has 0 saturated carbocycles. The molecule has 0 N–H and O–H groups in total. The third-order valence-corrected chi connectivity index (χ3v) is 5.99. The number of hydrogen-bond donors (Lipinski definition) is 0. The highest BCUT2D eigenvalue weighted by atomic mass is 32.1. The van der Waals surface area contributed by atoms with Crippen LogP contribution < -0.4 is 0 Å². The van der Waals surface area contributed by atoms with E-state index in [0.29, 0.717) is 0 Å². The second-order valence-corrected chi connectivity index (χ2v) is 7.63. The molecule has 6 rings (SSSR count). The highest BCUT2D eigenvalue weighted by Crippen LogP contribution is 2.37. The topological polar surface area (TPSA) is 39.2 Å². The minimum atomic E-state index is 0.813. The van der Waals surface area contributed by atoms with Crippen LogP contribution in [0, 0.1) is 0 Å². The van der Waals surface area contributed by atoms with Crippen molar-refractivity contribution in [1.29, 1.82) is 0 Å². The number of hydrogen-bond acceptors (Lipinski definition) is 4. The Labute approximate surface area is 158 Å². The predicted molar refractivity (Wildman–Crippen MR) is 110 cm³/mol. The number of rotatable bonds is 2. The van der Waals surface area contributed by atoms with Crippen molar-refractivity contribution >= 4 is 43.5 Å². The fourth-order valence-electron chi connectivity index (χ4n) is 3.46. The summed E-state index contributed by atoms with van der Waals surface area (Å²) in [6.45, 7) is 0. The van der Waals surface area contributed by atoms with E-state index in [1.165, 1.54) is 21.4 Å². The van der Waals surface area contributed by atoms with Gasteiger partial charge in [-0.25, -0.2) is 4.98 Å². The summed E-state index contributed by atoms with van der Waals surface area (Å²) in [5.74, 6) is 0.899. The van der Waals surface area contributed by atoms with Gasteiger partial charge >= 0.3 is 0 Å². The molecule has 0 unspecified atom stereocenters. The lowest BCUT2D eigenvalue weighted by Crippen LogP contribution is -1.72. The summed E-state index contributed by atoms with van der Waals surface area (Å²) in [6.07, 6.45) is 1.49. The van der Waals surface area contributed by atoms with Gasteiger partial charge in [0.05, 0.1) is 0 Å². The molecule has 128 valence electrons. The fraction of sp³-hybridized carbons (Fsp3) is 0. The van der Waals surface area contributed by atoms with Crippen molar-refractivity contribution in [3.63, 3.8) is 0 Å². The molecule has 0 fully saturated rings. The van der Waals surface area contributed by atoms with Crippen molar-refractivity contribution in [2.75, 3.05) is 0 Å². The number of benzene rings is 3. The maximum absolute atomic E-state index is 6.02. The first-order chi connectivity index (χ1) is 13.3. The largest absolute Gasteiger partial charge is 0.456 e. The molecular weight excluding hydrogens is 354 g/mol. The van der Waals surface area contributed by atoms with E-state index >= 15 is 0 Å². The summed E-state index contributed by atoms with van der Waals surface area (Å²) in [5.41, 5.74) is 4.85. The fourth-order valence-corrected chi connectivity index (χ4v) is 4.56. The molecule has 0 amide bonds. The van der Waals surface area contributed by atoms with Crippen molar-refractivity contribution in [1.82, 2.24) is 4.98 Å². The maximum atomic E-state index is 6.02. The molecule has 0 aliphatic rings. The van der Waals surface area contributed by atoms with Gasteiger partial charge in [-0.15, -0.1) is 11.3 Å². The summed E-state index contributed by atoms with van der Waals surface area (Å²) in [6, 6.07) is 25.0. The van der Waals surface area contributed by atoms with Crippen LogP contribution in [0.1, 0.15) is 0 Å². The molecule has 4 heteroatoms. The highest BCUT2D eigenvalue weighted by Gasteiger charge is 2.10. The Morgan fingerprint density at radius 2 is 1.67 bits per heavy atom. The Hall–Kier alpha value is -3.37. The van der Waals surface area contributed by atoms with Gasteiger partial charge in [0.15, 0.2) is 12.0 Å². The first kappa shape index (κ1) is 14.8. The smallest absolute Gasteiger partial charge is 0.181 e. The van der Waals surface area contributed by atoms with Gasteiger partial charge in [-0.05, 0) is 47.3 Å². The molecule has 3 aromatic carbocycles. The molecule has 3 nitrogen and oxygen atoms in total. The first-order valence-corrected chi connectivity index (χ1v) is 9.51. The van der Waals surface area contributed by atoms with Crippen molar-refractivity contribution in [2.24, 2.45) is 0 Å². The minimum Gasteiger partial charge on any atom is -0.456 e. The molecule has 0 spiro atoms. The molecule has 6 aromatic rings. The van der Waals surface area contributed by atoms with Gasteiger partial charge in [0.1, 0.15) is 16.9 Å². The van der Waals surface area contributed by atoms with Gasteiger partial charge in [-0.2, -0.15) is 0 Å². The summed E-state index contributed by atoms with van der Waals surface area (Å²) >= 11 is 1.77. The number of fused-ring (bicyclic) bond motifs is 3.